The van der Waals surface area contributed by atoms with Crippen LogP contribution in [0.15, 0.2) is 30.3 Å². The molecule has 1 aromatic heterocycles. The molecule has 3 rings (SSSR count). The lowest BCUT2D eigenvalue weighted by molar-refractivity contribution is 1.22. The number of hydrogen-bond donors (Lipinski definition) is 0. The largest absolute Gasteiger partial charge is 0.226 e. The van der Waals surface area contributed by atoms with Crippen LogP contribution in [-0.2, 0) is 0 Å². The zero-order valence-corrected chi connectivity index (χ0v) is 13.7. The molecule has 2 nitrogen and oxygen atoms in total. The molecular formula is C16H11Cl3N2. The molecule has 2 aromatic carbocycles. The molecule has 0 saturated carbocycles. The summed E-state index contributed by atoms with van der Waals surface area (Å²) in [5.74, 6) is 0.479. The van der Waals surface area contributed by atoms with Gasteiger partial charge in [0.15, 0.2) is 5.82 Å². The van der Waals surface area contributed by atoms with E-state index in [1.54, 1.807) is 0 Å². The fourth-order valence-corrected chi connectivity index (χ4v) is 2.98. The summed E-state index contributed by atoms with van der Waals surface area (Å²) in [6.07, 6.45) is 0. The van der Waals surface area contributed by atoms with E-state index in [2.05, 4.69) is 9.97 Å². The van der Waals surface area contributed by atoms with Crippen LogP contribution >= 0.6 is 34.8 Å². The smallest absolute Gasteiger partial charge is 0.163 e. The molecule has 3 aromatic rings. The van der Waals surface area contributed by atoms with Gasteiger partial charge >= 0.3 is 0 Å². The molecule has 1 heterocycles. The van der Waals surface area contributed by atoms with Crippen molar-refractivity contribution >= 4 is 45.7 Å². The minimum Gasteiger partial charge on any atom is -0.226 e. The summed E-state index contributed by atoms with van der Waals surface area (Å²) in [5.41, 5.74) is 3.36. The minimum absolute atomic E-state index is 0.373. The highest BCUT2D eigenvalue weighted by atomic mass is 35.5. The van der Waals surface area contributed by atoms with Crippen LogP contribution in [0.4, 0.5) is 0 Å². The number of rotatable bonds is 1. The Morgan fingerprint density at radius 3 is 2.48 bits per heavy atom. The molecular weight excluding hydrogens is 327 g/mol. The van der Waals surface area contributed by atoms with Crippen LogP contribution in [0.3, 0.4) is 0 Å². The molecule has 106 valence electrons. The van der Waals surface area contributed by atoms with Gasteiger partial charge in [0.2, 0.25) is 0 Å². The number of fused-ring (bicyclic) bond motifs is 1. The maximum absolute atomic E-state index is 6.34. The average molecular weight is 338 g/mol. The third kappa shape index (κ3) is 2.59. The van der Waals surface area contributed by atoms with E-state index in [9.17, 15) is 0 Å². The maximum atomic E-state index is 6.34. The van der Waals surface area contributed by atoms with Crippen LogP contribution in [0, 0.1) is 13.8 Å². The van der Waals surface area contributed by atoms with E-state index < -0.39 is 0 Å². The molecule has 0 radical (unpaired) electrons. The minimum atomic E-state index is 0.373. The van der Waals surface area contributed by atoms with E-state index >= 15 is 0 Å². The first-order chi connectivity index (χ1) is 9.97. The van der Waals surface area contributed by atoms with Gasteiger partial charge in [0.1, 0.15) is 5.15 Å². The Morgan fingerprint density at radius 1 is 0.952 bits per heavy atom. The number of hydrogen-bond acceptors (Lipinski definition) is 2. The van der Waals surface area contributed by atoms with Crippen LogP contribution in [-0.4, -0.2) is 9.97 Å². The van der Waals surface area contributed by atoms with Crippen molar-refractivity contribution in [1.82, 2.24) is 9.97 Å². The van der Waals surface area contributed by atoms with Gasteiger partial charge in [0.05, 0.1) is 15.6 Å². The maximum Gasteiger partial charge on any atom is 0.163 e. The van der Waals surface area contributed by atoms with E-state index in [4.69, 9.17) is 34.8 Å². The van der Waals surface area contributed by atoms with E-state index in [1.807, 2.05) is 44.2 Å². The van der Waals surface area contributed by atoms with Crippen molar-refractivity contribution in [3.05, 3.63) is 56.7 Å². The Morgan fingerprint density at radius 2 is 1.71 bits per heavy atom. The van der Waals surface area contributed by atoms with Crippen LogP contribution in [0.25, 0.3) is 22.3 Å². The van der Waals surface area contributed by atoms with Crippen molar-refractivity contribution in [2.75, 3.05) is 0 Å². The molecule has 0 fully saturated rings. The summed E-state index contributed by atoms with van der Waals surface area (Å²) >= 11 is 18.9. The number of aromatic nitrogens is 2. The normalized spacial score (nSPS) is 11.1. The van der Waals surface area contributed by atoms with Crippen molar-refractivity contribution in [2.24, 2.45) is 0 Å². The van der Waals surface area contributed by atoms with Gasteiger partial charge in [-0.15, -0.1) is 0 Å². The monoisotopic (exact) mass is 336 g/mol. The van der Waals surface area contributed by atoms with Gasteiger partial charge in [-0.3, -0.25) is 0 Å². The molecule has 0 unspecified atom stereocenters. The van der Waals surface area contributed by atoms with Crippen LogP contribution in [0.5, 0.6) is 0 Å². The number of aryl methyl sites for hydroxylation is 2. The van der Waals surface area contributed by atoms with E-state index in [0.29, 0.717) is 26.5 Å². The summed E-state index contributed by atoms with van der Waals surface area (Å²) in [6, 6.07) is 9.49. The van der Waals surface area contributed by atoms with Gasteiger partial charge in [-0.1, -0.05) is 46.9 Å². The van der Waals surface area contributed by atoms with Gasteiger partial charge in [0.25, 0.3) is 0 Å². The van der Waals surface area contributed by atoms with Gasteiger partial charge in [0, 0.05) is 10.9 Å². The Balaban J connectivity index is 2.33. The lowest BCUT2D eigenvalue weighted by Gasteiger charge is -2.09. The fraction of sp³-hybridized carbons (Fsp3) is 0.125. The predicted octanol–water partition coefficient (Wildman–Crippen LogP) is 5.87. The molecule has 0 N–H and O–H groups in total. The second-order valence-corrected chi connectivity index (χ2v) is 6.06. The zero-order valence-electron chi connectivity index (χ0n) is 11.4. The fourth-order valence-electron chi connectivity index (χ4n) is 2.23. The van der Waals surface area contributed by atoms with E-state index in [1.165, 1.54) is 0 Å². The van der Waals surface area contributed by atoms with Crippen molar-refractivity contribution < 1.29 is 0 Å². The molecule has 0 aliphatic carbocycles. The van der Waals surface area contributed by atoms with Crippen LogP contribution in [0.1, 0.15) is 11.1 Å². The van der Waals surface area contributed by atoms with Crippen molar-refractivity contribution in [2.45, 2.75) is 13.8 Å². The Bertz CT molecular complexity index is 860. The molecule has 0 spiro atoms. The summed E-state index contributed by atoms with van der Waals surface area (Å²) in [5, 5.41) is 2.29. The Labute approximate surface area is 137 Å². The van der Waals surface area contributed by atoms with E-state index in [-0.39, 0.29) is 0 Å². The highest BCUT2D eigenvalue weighted by molar-refractivity contribution is 6.39. The second-order valence-electron chi connectivity index (χ2n) is 4.92. The van der Waals surface area contributed by atoms with Crippen molar-refractivity contribution in [3.63, 3.8) is 0 Å². The highest BCUT2D eigenvalue weighted by Gasteiger charge is 2.14. The van der Waals surface area contributed by atoms with Crippen molar-refractivity contribution in [3.8, 4) is 11.4 Å². The molecule has 0 aliphatic heterocycles. The zero-order chi connectivity index (χ0) is 15.1. The number of nitrogens with zero attached hydrogens (tertiary/aromatic N) is 2. The average Bonchev–Trinajstić information content (AvgIpc) is 2.43. The second kappa shape index (κ2) is 5.45. The molecule has 0 bridgehead atoms. The highest BCUT2D eigenvalue weighted by Crippen LogP contribution is 2.33. The Kier molecular flexibility index (Phi) is 3.78. The van der Waals surface area contributed by atoms with Gasteiger partial charge in [-0.2, -0.15) is 0 Å². The molecule has 0 aliphatic rings. The first-order valence-corrected chi connectivity index (χ1v) is 7.49. The summed E-state index contributed by atoms with van der Waals surface area (Å²) in [7, 11) is 0. The topological polar surface area (TPSA) is 25.8 Å². The Hall–Kier alpha value is -1.35. The molecule has 5 heteroatoms. The van der Waals surface area contributed by atoms with Gasteiger partial charge < -0.3 is 0 Å². The first kappa shape index (κ1) is 14.6. The lowest BCUT2D eigenvalue weighted by Crippen LogP contribution is -1.94. The van der Waals surface area contributed by atoms with E-state index in [0.717, 1.165) is 22.1 Å². The van der Waals surface area contributed by atoms with Gasteiger partial charge in [-0.05, 0) is 43.2 Å². The summed E-state index contributed by atoms with van der Waals surface area (Å²) in [6.45, 7) is 3.89. The van der Waals surface area contributed by atoms with Crippen LogP contribution in [0.2, 0.25) is 15.2 Å². The standard InChI is InChI=1S/C16H11Cl3N2/c1-8-6-11-14(12(17)7-8)20-16(21-15(11)19)10-5-3-4-9(2)13(10)18/h3-7H,1-2H3. The third-order valence-corrected chi connectivity index (χ3v) is 4.36. The summed E-state index contributed by atoms with van der Waals surface area (Å²) < 4.78 is 0. The molecule has 0 amide bonds. The quantitative estimate of drug-likeness (QED) is 0.519. The van der Waals surface area contributed by atoms with Gasteiger partial charge in [-0.25, -0.2) is 9.97 Å². The van der Waals surface area contributed by atoms with Crippen molar-refractivity contribution in [1.29, 1.82) is 0 Å². The molecule has 21 heavy (non-hydrogen) atoms. The SMILES string of the molecule is Cc1cc(Cl)c2nc(-c3cccc(C)c3Cl)nc(Cl)c2c1. The lowest BCUT2D eigenvalue weighted by atomic mass is 10.1. The number of halogens is 3. The molecule has 0 atom stereocenters. The van der Waals surface area contributed by atoms with Crippen LogP contribution < -0.4 is 0 Å². The predicted molar refractivity (Wildman–Crippen MR) is 89.5 cm³/mol. The number of benzene rings is 2. The summed E-state index contributed by atoms with van der Waals surface area (Å²) in [4.78, 5) is 8.90. The third-order valence-electron chi connectivity index (χ3n) is 3.28. The first-order valence-electron chi connectivity index (χ1n) is 6.36. The molecule has 0 saturated heterocycles.